The molecule has 3 aliphatic heterocycles. The summed E-state index contributed by atoms with van der Waals surface area (Å²) in [5.41, 5.74) is 9.24. The molecule has 10 nitrogen and oxygen atoms in total. The monoisotopic (exact) mass is 612 g/mol. The van der Waals surface area contributed by atoms with Crippen molar-refractivity contribution in [2.45, 2.75) is 45.2 Å². The van der Waals surface area contributed by atoms with Crippen LogP contribution in [0.5, 0.6) is 0 Å². The van der Waals surface area contributed by atoms with E-state index in [1.165, 1.54) is 17.3 Å². The summed E-state index contributed by atoms with van der Waals surface area (Å²) in [6.07, 6.45) is 3.31. The minimum atomic E-state index is -1.07. The quantitative estimate of drug-likeness (QED) is 0.259. The molecule has 1 unspecified atom stereocenters. The third kappa shape index (κ3) is 6.10. The zero-order valence-corrected chi connectivity index (χ0v) is 25.5. The first-order chi connectivity index (χ1) is 20.9. The number of aliphatic imine (C=N–C) groups is 1. The van der Waals surface area contributed by atoms with Crippen molar-refractivity contribution in [3.63, 3.8) is 0 Å². The summed E-state index contributed by atoms with van der Waals surface area (Å²) in [5.74, 6) is 4.97. The van der Waals surface area contributed by atoms with Crippen LogP contribution in [-0.2, 0) is 14.4 Å². The topological polar surface area (TPSA) is 137 Å². The molecule has 2 saturated heterocycles. The first-order valence-corrected chi connectivity index (χ1v) is 14.6. The van der Waals surface area contributed by atoms with Gasteiger partial charge >= 0.3 is 0 Å². The number of imide groups is 1. The fourth-order valence-electron chi connectivity index (χ4n) is 5.17. The highest BCUT2D eigenvalue weighted by Crippen LogP contribution is 2.38. The van der Waals surface area contributed by atoms with Gasteiger partial charge < -0.3 is 16.0 Å². The number of fused-ring (bicyclic) bond motifs is 1. The molecule has 226 valence electrons. The number of aryl methyl sites for hydroxylation is 1. The van der Waals surface area contributed by atoms with Crippen molar-refractivity contribution in [1.29, 1.82) is 0 Å². The van der Waals surface area contributed by atoms with Crippen LogP contribution in [0.15, 0.2) is 59.7 Å². The first kappa shape index (κ1) is 30.6. The number of anilines is 2. The number of amides is 4. The van der Waals surface area contributed by atoms with Crippen LogP contribution in [-0.4, -0.2) is 59.4 Å². The maximum Gasteiger partial charge on any atom is 0.259 e. The Morgan fingerprint density at radius 2 is 1.93 bits per heavy atom. The van der Waals surface area contributed by atoms with E-state index in [9.17, 15) is 19.2 Å². The van der Waals surface area contributed by atoms with Gasteiger partial charge in [-0.2, -0.15) is 0 Å². The summed E-state index contributed by atoms with van der Waals surface area (Å²) >= 11 is 6.08. The number of nitrogens with two attached hydrogens (primary N) is 1. The summed E-state index contributed by atoms with van der Waals surface area (Å²) in [7, 11) is 0. The van der Waals surface area contributed by atoms with E-state index in [1.54, 1.807) is 38.1 Å². The van der Waals surface area contributed by atoms with Crippen molar-refractivity contribution < 1.29 is 19.2 Å². The Bertz CT molecular complexity index is 1710. The van der Waals surface area contributed by atoms with E-state index in [2.05, 4.69) is 38.9 Å². The van der Waals surface area contributed by atoms with Gasteiger partial charge in [0.25, 0.3) is 11.8 Å². The Hall–Kier alpha value is -4.88. The molecule has 0 radical (unpaired) electrons. The number of carbonyl (C=O) groups is 4. The molecule has 3 aliphatic rings. The van der Waals surface area contributed by atoms with Crippen molar-refractivity contribution >= 4 is 58.5 Å². The summed E-state index contributed by atoms with van der Waals surface area (Å²) in [5, 5.41) is 5.80. The Kier molecular flexibility index (Phi) is 8.35. The smallest absolute Gasteiger partial charge is 0.259 e. The lowest BCUT2D eigenvalue weighted by Crippen LogP contribution is -2.52. The molecule has 2 fully saturated rings. The van der Waals surface area contributed by atoms with Crippen LogP contribution in [0.25, 0.3) is 5.70 Å². The van der Waals surface area contributed by atoms with Crippen LogP contribution in [0.2, 0.25) is 5.02 Å². The standard InChI is InChI=1S/C33H33ClN6O4/c1-19-13-23(7-10-27(19)34)37-32(44)33(3,4)36-16-21(15-35)5-6-22-17-39(18-22)24-8-9-25-26(14-24)20(2)40(31(25)43)28-11-12-29(41)38-30(28)42/h7-10,13-16,22,28H,2,11-12,17-18,35H2,1,3-4H3,(H,37,44)(H,38,41,42). The molecule has 44 heavy (non-hydrogen) atoms. The zero-order valence-electron chi connectivity index (χ0n) is 24.7. The molecule has 0 aromatic heterocycles. The molecule has 0 spiro atoms. The van der Waals surface area contributed by atoms with Crippen LogP contribution >= 0.6 is 11.6 Å². The molecule has 1 atom stereocenters. The lowest BCUT2D eigenvalue weighted by atomic mass is 9.98. The highest BCUT2D eigenvalue weighted by atomic mass is 35.5. The van der Waals surface area contributed by atoms with Gasteiger partial charge in [0.2, 0.25) is 11.8 Å². The van der Waals surface area contributed by atoms with Gasteiger partial charge in [-0.05, 0) is 69.2 Å². The predicted molar refractivity (Wildman–Crippen MR) is 171 cm³/mol. The molecule has 0 saturated carbocycles. The average Bonchev–Trinajstić information content (AvgIpc) is 3.20. The second-order valence-electron chi connectivity index (χ2n) is 11.5. The van der Waals surface area contributed by atoms with Crippen molar-refractivity contribution in [2.75, 3.05) is 23.3 Å². The van der Waals surface area contributed by atoms with Crippen molar-refractivity contribution in [3.05, 3.63) is 76.5 Å². The van der Waals surface area contributed by atoms with Crippen molar-refractivity contribution in [1.82, 2.24) is 10.2 Å². The largest absolute Gasteiger partial charge is 0.404 e. The first-order valence-electron chi connectivity index (χ1n) is 14.2. The SMILES string of the molecule is C=C1c2cc(N3CC(C#CC(C=NC(C)(C)C(=O)Nc4ccc(Cl)c(C)c4)=CN)C3)ccc2C(=O)N1C1CCC(=O)NC1=O. The van der Waals surface area contributed by atoms with E-state index in [1.807, 2.05) is 19.1 Å². The molecule has 4 N–H and O–H groups in total. The molecule has 4 amide bonds. The normalized spacial score (nSPS) is 19.0. The van der Waals surface area contributed by atoms with Crippen LogP contribution in [0.4, 0.5) is 11.4 Å². The fraction of sp³-hybridized carbons (Fsp3) is 0.303. The molecule has 0 aliphatic carbocycles. The number of piperidine rings is 1. The number of rotatable bonds is 6. The third-order valence-electron chi connectivity index (χ3n) is 7.92. The molecule has 2 aromatic rings. The van der Waals surface area contributed by atoms with Gasteiger partial charge in [-0.3, -0.25) is 34.4 Å². The van der Waals surface area contributed by atoms with Crippen molar-refractivity contribution in [2.24, 2.45) is 16.6 Å². The van der Waals surface area contributed by atoms with E-state index in [-0.39, 0.29) is 36.5 Å². The van der Waals surface area contributed by atoms with E-state index < -0.39 is 17.5 Å². The number of hydrogen-bond acceptors (Lipinski definition) is 7. The van der Waals surface area contributed by atoms with Gasteiger partial charge in [-0.25, -0.2) is 0 Å². The summed E-state index contributed by atoms with van der Waals surface area (Å²) in [4.78, 5) is 57.9. The highest BCUT2D eigenvalue weighted by molar-refractivity contribution is 6.31. The highest BCUT2D eigenvalue weighted by Gasteiger charge is 2.42. The van der Waals surface area contributed by atoms with Gasteiger partial charge in [0.1, 0.15) is 11.6 Å². The van der Waals surface area contributed by atoms with Gasteiger partial charge in [0.15, 0.2) is 0 Å². The lowest BCUT2D eigenvalue weighted by Gasteiger charge is -2.38. The number of nitrogens with zero attached hydrogens (tertiary/aromatic N) is 3. The molecule has 11 heteroatoms. The molecule has 0 bridgehead atoms. The summed E-state index contributed by atoms with van der Waals surface area (Å²) < 4.78 is 0. The Morgan fingerprint density at radius 3 is 2.61 bits per heavy atom. The van der Waals surface area contributed by atoms with Gasteiger partial charge in [0, 0.05) is 65.1 Å². The molecule has 5 rings (SSSR count). The lowest BCUT2D eigenvalue weighted by molar-refractivity contribution is -0.136. The summed E-state index contributed by atoms with van der Waals surface area (Å²) in [6.45, 7) is 10.7. The number of carbonyl (C=O) groups excluding carboxylic acids is 4. The van der Waals surface area contributed by atoms with E-state index >= 15 is 0 Å². The predicted octanol–water partition coefficient (Wildman–Crippen LogP) is 3.65. The Balaban J connectivity index is 1.18. The third-order valence-corrected chi connectivity index (χ3v) is 8.34. The number of benzene rings is 2. The van der Waals surface area contributed by atoms with Crippen LogP contribution < -0.4 is 21.3 Å². The minimum absolute atomic E-state index is 0.0841. The van der Waals surface area contributed by atoms with Crippen molar-refractivity contribution in [3.8, 4) is 11.8 Å². The molecule has 2 aromatic carbocycles. The molecular formula is C33H33ClN6O4. The second kappa shape index (κ2) is 12.0. The number of nitrogens with one attached hydrogen (secondary N) is 2. The van der Waals surface area contributed by atoms with Crippen LogP contribution in [0.1, 0.15) is 48.2 Å². The van der Waals surface area contributed by atoms with Crippen LogP contribution in [0.3, 0.4) is 0 Å². The van der Waals surface area contributed by atoms with E-state index in [0.717, 1.165) is 11.3 Å². The van der Waals surface area contributed by atoms with E-state index in [0.29, 0.717) is 46.2 Å². The molecule has 3 heterocycles. The average molecular weight is 613 g/mol. The van der Waals surface area contributed by atoms with Gasteiger partial charge in [-0.15, -0.1) is 0 Å². The minimum Gasteiger partial charge on any atom is -0.404 e. The zero-order chi connectivity index (χ0) is 31.8. The molecular weight excluding hydrogens is 580 g/mol. The maximum atomic E-state index is 13.1. The number of allylic oxidation sites excluding steroid dienone is 1. The second-order valence-corrected chi connectivity index (χ2v) is 12.0. The van der Waals surface area contributed by atoms with Gasteiger partial charge in [-0.1, -0.05) is 30.0 Å². The van der Waals surface area contributed by atoms with Gasteiger partial charge in [0.05, 0.1) is 11.5 Å². The number of hydrogen-bond donors (Lipinski definition) is 3. The Morgan fingerprint density at radius 1 is 1.18 bits per heavy atom. The maximum absolute atomic E-state index is 13.1. The number of halogens is 1. The van der Waals surface area contributed by atoms with Crippen LogP contribution in [0, 0.1) is 24.7 Å². The summed E-state index contributed by atoms with van der Waals surface area (Å²) in [6, 6.07) is 10.0. The Labute approximate surface area is 261 Å². The fourth-order valence-corrected chi connectivity index (χ4v) is 5.29. The van der Waals surface area contributed by atoms with E-state index in [4.69, 9.17) is 17.3 Å².